The molecular formula is C10H20F2O2. The fraction of sp³-hybridized carbons (Fsp3) is 1.00. The van der Waals surface area contributed by atoms with E-state index in [1.807, 2.05) is 34.6 Å². The van der Waals surface area contributed by atoms with Crippen molar-refractivity contribution in [3.05, 3.63) is 0 Å². The predicted octanol–water partition coefficient (Wildman–Crippen LogP) is 2.66. The van der Waals surface area contributed by atoms with Crippen LogP contribution < -0.4 is 0 Å². The molecule has 0 aliphatic carbocycles. The molecule has 4 heteroatoms. The molecule has 2 nitrogen and oxygen atoms in total. The average molecular weight is 210 g/mol. The molecule has 86 valence electrons. The van der Waals surface area contributed by atoms with Crippen molar-refractivity contribution in [3.8, 4) is 0 Å². The van der Waals surface area contributed by atoms with Crippen LogP contribution in [0.5, 0.6) is 0 Å². The Morgan fingerprint density at radius 3 is 1.79 bits per heavy atom. The summed E-state index contributed by atoms with van der Waals surface area (Å²) in [7, 11) is 0. The van der Waals surface area contributed by atoms with Crippen LogP contribution in [0.25, 0.3) is 0 Å². The van der Waals surface area contributed by atoms with Crippen molar-refractivity contribution in [2.24, 2.45) is 10.8 Å². The number of rotatable bonds is 4. The van der Waals surface area contributed by atoms with Crippen molar-refractivity contribution < 1.29 is 18.6 Å². The standard InChI is InChI=1S/C10H20F2O2/c1-8(2,3)9(4,5)7-14-10(11,12)6-13/h13H,6-7H2,1-5H3. The van der Waals surface area contributed by atoms with E-state index in [1.54, 1.807) is 0 Å². The van der Waals surface area contributed by atoms with Crippen LogP contribution in [0.1, 0.15) is 34.6 Å². The number of aliphatic hydroxyl groups excluding tert-OH is 1. The third kappa shape index (κ3) is 3.88. The second kappa shape index (κ2) is 4.11. The molecule has 0 rings (SSSR count). The minimum atomic E-state index is -3.43. The van der Waals surface area contributed by atoms with Crippen molar-refractivity contribution in [3.63, 3.8) is 0 Å². The number of hydrogen-bond donors (Lipinski definition) is 1. The van der Waals surface area contributed by atoms with E-state index >= 15 is 0 Å². The first-order valence-electron chi connectivity index (χ1n) is 4.64. The number of aliphatic hydroxyl groups is 1. The summed E-state index contributed by atoms with van der Waals surface area (Å²) in [5, 5.41) is 8.32. The van der Waals surface area contributed by atoms with E-state index in [4.69, 9.17) is 5.11 Å². The van der Waals surface area contributed by atoms with Crippen molar-refractivity contribution in [2.45, 2.75) is 40.7 Å². The second-order valence-corrected chi connectivity index (χ2v) is 5.22. The third-order valence-corrected chi connectivity index (χ3v) is 2.86. The Morgan fingerprint density at radius 2 is 1.50 bits per heavy atom. The van der Waals surface area contributed by atoms with Crippen LogP contribution >= 0.6 is 0 Å². The van der Waals surface area contributed by atoms with Gasteiger partial charge < -0.3 is 9.84 Å². The first-order chi connectivity index (χ1) is 6.02. The number of ether oxygens (including phenoxy) is 1. The van der Waals surface area contributed by atoms with Gasteiger partial charge in [0.05, 0.1) is 6.61 Å². The van der Waals surface area contributed by atoms with Gasteiger partial charge in [0, 0.05) is 0 Å². The molecule has 0 aliphatic rings. The maximum atomic E-state index is 12.6. The molecule has 1 N–H and O–H groups in total. The Balaban J connectivity index is 4.27. The van der Waals surface area contributed by atoms with Gasteiger partial charge in [0.25, 0.3) is 0 Å². The molecule has 0 aromatic heterocycles. The summed E-state index contributed by atoms with van der Waals surface area (Å²) in [6.07, 6.45) is -3.43. The van der Waals surface area contributed by atoms with Gasteiger partial charge in [0.15, 0.2) is 0 Å². The molecule has 0 atom stereocenters. The van der Waals surface area contributed by atoms with Crippen LogP contribution in [-0.2, 0) is 4.74 Å². The summed E-state index contributed by atoms with van der Waals surface area (Å²) in [6.45, 7) is 8.27. The molecule has 0 aromatic carbocycles. The lowest BCUT2D eigenvalue weighted by Gasteiger charge is -2.39. The van der Waals surface area contributed by atoms with E-state index < -0.39 is 12.7 Å². The molecule has 0 aliphatic heterocycles. The maximum Gasteiger partial charge on any atom is 0.378 e. The van der Waals surface area contributed by atoms with E-state index in [0.29, 0.717) is 0 Å². The Morgan fingerprint density at radius 1 is 1.07 bits per heavy atom. The van der Waals surface area contributed by atoms with Crippen molar-refractivity contribution in [1.82, 2.24) is 0 Å². The zero-order chi connectivity index (χ0) is 11.6. The molecule has 0 saturated carbocycles. The molecule has 0 heterocycles. The third-order valence-electron chi connectivity index (χ3n) is 2.86. The Kier molecular flexibility index (Phi) is 4.04. The Bertz CT molecular complexity index is 183. The first-order valence-corrected chi connectivity index (χ1v) is 4.64. The maximum absolute atomic E-state index is 12.6. The first kappa shape index (κ1) is 13.8. The van der Waals surface area contributed by atoms with Crippen molar-refractivity contribution in [2.75, 3.05) is 13.2 Å². The van der Waals surface area contributed by atoms with E-state index in [-0.39, 0.29) is 17.4 Å². The molecule has 0 fully saturated rings. The molecule has 14 heavy (non-hydrogen) atoms. The highest BCUT2D eigenvalue weighted by atomic mass is 19.3. The Hall–Kier alpha value is -0.220. The van der Waals surface area contributed by atoms with Gasteiger partial charge in [-0.05, 0) is 10.8 Å². The van der Waals surface area contributed by atoms with Gasteiger partial charge in [-0.25, -0.2) is 0 Å². The number of alkyl halides is 2. The van der Waals surface area contributed by atoms with E-state index in [1.165, 1.54) is 0 Å². The van der Waals surface area contributed by atoms with Gasteiger partial charge in [0.2, 0.25) is 0 Å². The summed E-state index contributed by atoms with van der Waals surface area (Å²) in [4.78, 5) is 0. The van der Waals surface area contributed by atoms with E-state index in [2.05, 4.69) is 4.74 Å². The average Bonchev–Trinajstić information content (AvgIpc) is 1.99. The van der Waals surface area contributed by atoms with Crippen LogP contribution in [0, 0.1) is 10.8 Å². The monoisotopic (exact) mass is 210 g/mol. The normalized spacial score (nSPS) is 14.6. The lowest BCUT2D eigenvalue weighted by molar-refractivity contribution is -0.272. The van der Waals surface area contributed by atoms with Gasteiger partial charge in [-0.15, -0.1) is 0 Å². The molecule has 0 radical (unpaired) electrons. The predicted molar refractivity (Wildman–Crippen MR) is 51.2 cm³/mol. The number of hydrogen-bond acceptors (Lipinski definition) is 2. The van der Waals surface area contributed by atoms with Crippen LogP contribution in [-0.4, -0.2) is 24.4 Å². The lowest BCUT2D eigenvalue weighted by atomic mass is 9.70. The minimum absolute atomic E-state index is 0.0793. The smallest absolute Gasteiger partial charge is 0.378 e. The Labute approximate surface area is 84.3 Å². The lowest BCUT2D eigenvalue weighted by Crippen LogP contribution is -2.38. The molecule has 0 bridgehead atoms. The van der Waals surface area contributed by atoms with Crippen LogP contribution in [0.3, 0.4) is 0 Å². The van der Waals surface area contributed by atoms with Crippen LogP contribution in [0.15, 0.2) is 0 Å². The molecule has 0 aromatic rings. The summed E-state index contributed by atoms with van der Waals surface area (Å²) in [6, 6.07) is 0. The van der Waals surface area contributed by atoms with Crippen LogP contribution in [0.4, 0.5) is 8.78 Å². The summed E-state index contributed by atoms with van der Waals surface area (Å²) >= 11 is 0. The highest BCUT2D eigenvalue weighted by molar-refractivity contribution is 4.82. The van der Waals surface area contributed by atoms with E-state index in [0.717, 1.165) is 0 Å². The summed E-state index contributed by atoms with van der Waals surface area (Å²) in [5.74, 6) is 0. The van der Waals surface area contributed by atoms with E-state index in [9.17, 15) is 8.78 Å². The quantitative estimate of drug-likeness (QED) is 0.773. The van der Waals surface area contributed by atoms with Gasteiger partial charge in [-0.1, -0.05) is 34.6 Å². The largest absolute Gasteiger partial charge is 0.387 e. The zero-order valence-electron chi connectivity index (χ0n) is 9.53. The summed E-state index contributed by atoms with van der Waals surface area (Å²) < 4.78 is 29.6. The molecule has 0 amide bonds. The van der Waals surface area contributed by atoms with Crippen molar-refractivity contribution >= 4 is 0 Å². The molecule has 0 saturated heterocycles. The topological polar surface area (TPSA) is 29.5 Å². The highest BCUT2D eigenvalue weighted by Gasteiger charge is 2.37. The zero-order valence-corrected chi connectivity index (χ0v) is 9.53. The summed E-state index contributed by atoms with van der Waals surface area (Å²) in [5.41, 5.74) is -0.496. The highest BCUT2D eigenvalue weighted by Crippen LogP contribution is 2.38. The fourth-order valence-electron chi connectivity index (χ4n) is 0.548. The van der Waals surface area contributed by atoms with Crippen LogP contribution in [0.2, 0.25) is 0 Å². The molecular weight excluding hydrogens is 190 g/mol. The molecule has 0 unspecified atom stereocenters. The van der Waals surface area contributed by atoms with Gasteiger partial charge in [0.1, 0.15) is 6.61 Å². The second-order valence-electron chi connectivity index (χ2n) is 5.22. The van der Waals surface area contributed by atoms with Gasteiger partial charge in [-0.3, -0.25) is 0 Å². The molecule has 0 spiro atoms. The van der Waals surface area contributed by atoms with Gasteiger partial charge in [-0.2, -0.15) is 8.78 Å². The van der Waals surface area contributed by atoms with Crippen molar-refractivity contribution in [1.29, 1.82) is 0 Å². The fourth-order valence-corrected chi connectivity index (χ4v) is 0.548. The SMILES string of the molecule is CC(C)(C)C(C)(C)COC(F)(F)CO. The number of halogens is 2. The van der Waals surface area contributed by atoms with Gasteiger partial charge >= 0.3 is 6.11 Å². The minimum Gasteiger partial charge on any atom is -0.387 e.